The molecule has 2 aromatic rings. The third kappa shape index (κ3) is 4.26. The van der Waals surface area contributed by atoms with E-state index in [1.54, 1.807) is 18.3 Å². The van der Waals surface area contributed by atoms with E-state index < -0.39 is 10.0 Å². The number of hydrogen-bond donors (Lipinski definition) is 2. The van der Waals surface area contributed by atoms with Gasteiger partial charge in [-0.25, -0.2) is 23.1 Å². The van der Waals surface area contributed by atoms with E-state index in [-0.39, 0.29) is 17.6 Å². The van der Waals surface area contributed by atoms with Gasteiger partial charge in [-0.05, 0) is 24.1 Å². The lowest BCUT2D eigenvalue weighted by Crippen LogP contribution is -2.29. The molecular formula is C12H17ClN4O2S2. The first-order valence-corrected chi connectivity index (χ1v) is 9.47. The molecule has 21 heavy (non-hydrogen) atoms. The monoisotopic (exact) mass is 348 g/mol. The summed E-state index contributed by atoms with van der Waals surface area (Å²) in [4.78, 5) is 10.3. The molecular weight excluding hydrogens is 332 g/mol. The van der Waals surface area contributed by atoms with Crippen molar-refractivity contribution >= 4 is 49.0 Å². The molecule has 6 nitrogen and oxygen atoms in total. The van der Waals surface area contributed by atoms with Crippen LogP contribution in [0.2, 0.25) is 5.28 Å². The average Bonchev–Trinajstić information content (AvgIpc) is 2.81. The Morgan fingerprint density at radius 1 is 1.33 bits per heavy atom. The highest BCUT2D eigenvalue weighted by molar-refractivity contribution is 7.89. The Kier molecular flexibility index (Phi) is 5.37. The molecule has 2 N–H and O–H groups in total. The highest BCUT2D eigenvalue weighted by atomic mass is 35.5. The van der Waals surface area contributed by atoms with Gasteiger partial charge < -0.3 is 5.32 Å². The lowest BCUT2D eigenvalue weighted by atomic mass is 10.3. The Morgan fingerprint density at radius 2 is 2.10 bits per heavy atom. The number of thiophene rings is 1. The summed E-state index contributed by atoms with van der Waals surface area (Å²) < 4.78 is 25.6. The highest BCUT2D eigenvalue weighted by Gasteiger charge is 2.12. The van der Waals surface area contributed by atoms with E-state index in [1.165, 1.54) is 4.88 Å². The molecule has 0 aliphatic heterocycles. The van der Waals surface area contributed by atoms with Crippen molar-refractivity contribution in [2.24, 2.45) is 0 Å². The fourth-order valence-electron chi connectivity index (χ4n) is 1.85. The third-order valence-corrected chi connectivity index (χ3v) is 5.60. The Labute approximate surface area is 133 Å². The molecule has 0 atom stereocenters. The minimum absolute atomic E-state index is 0.0191. The fraction of sp³-hybridized carbons (Fsp3) is 0.500. The summed E-state index contributed by atoms with van der Waals surface area (Å²) in [6, 6.07) is 2.01. The molecule has 0 aromatic carbocycles. The van der Waals surface area contributed by atoms with E-state index in [9.17, 15) is 8.42 Å². The Morgan fingerprint density at radius 3 is 2.76 bits per heavy atom. The molecule has 0 saturated heterocycles. The van der Waals surface area contributed by atoms with Gasteiger partial charge in [-0.15, -0.1) is 11.3 Å². The SMILES string of the molecule is CCNS(=O)(=O)CCNc1nc(Cl)nc2sc(CC)cc12. The van der Waals surface area contributed by atoms with Crippen molar-refractivity contribution in [2.75, 3.05) is 24.2 Å². The van der Waals surface area contributed by atoms with Gasteiger partial charge in [-0.2, -0.15) is 0 Å². The number of hydrogen-bond acceptors (Lipinski definition) is 6. The van der Waals surface area contributed by atoms with Crippen LogP contribution >= 0.6 is 22.9 Å². The summed E-state index contributed by atoms with van der Waals surface area (Å²) in [5, 5.41) is 4.07. The van der Waals surface area contributed by atoms with Crippen molar-refractivity contribution in [1.82, 2.24) is 14.7 Å². The molecule has 0 fully saturated rings. The minimum atomic E-state index is -3.25. The Balaban J connectivity index is 2.16. The van der Waals surface area contributed by atoms with Gasteiger partial charge in [0.2, 0.25) is 15.3 Å². The lowest BCUT2D eigenvalue weighted by molar-refractivity contribution is 0.584. The Hall–Kier alpha value is -0.960. The van der Waals surface area contributed by atoms with Gasteiger partial charge in [0.1, 0.15) is 10.6 Å². The first-order valence-electron chi connectivity index (χ1n) is 6.62. The molecule has 2 heterocycles. The number of aromatic nitrogens is 2. The normalized spacial score (nSPS) is 12.0. The number of anilines is 1. The fourth-order valence-corrected chi connectivity index (χ4v) is 3.99. The highest BCUT2D eigenvalue weighted by Crippen LogP contribution is 2.30. The molecule has 0 aliphatic carbocycles. The van der Waals surface area contributed by atoms with Crippen LogP contribution < -0.4 is 10.0 Å². The zero-order chi connectivity index (χ0) is 15.5. The van der Waals surface area contributed by atoms with Gasteiger partial charge in [0.05, 0.1) is 11.1 Å². The molecule has 0 spiro atoms. The van der Waals surface area contributed by atoms with Gasteiger partial charge >= 0.3 is 0 Å². The van der Waals surface area contributed by atoms with E-state index in [0.29, 0.717) is 12.4 Å². The van der Waals surface area contributed by atoms with E-state index in [1.807, 2.05) is 6.07 Å². The van der Waals surface area contributed by atoms with E-state index in [2.05, 4.69) is 26.9 Å². The molecule has 2 aromatic heterocycles. The van der Waals surface area contributed by atoms with Gasteiger partial charge in [0.25, 0.3) is 0 Å². The number of nitrogens with zero attached hydrogens (tertiary/aromatic N) is 2. The van der Waals surface area contributed by atoms with E-state index in [0.717, 1.165) is 16.6 Å². The predicted octanol–water partition coefficient (Wildman–Crippen LogP) is 2.26. The van der Waals surface area contributed by atoms with Crippen molar-refractivity contribution in [3.05, 3.63) is 16.2 Å². The van der Waals surface area contributed by atoms with Crippen LogP contribution in [-0.2, 0) is 16.4 Å². The van der Waals surface area contributed by atoms with Gasteiger partial charge in [0, 0.05) is 18.0 Å². The quantitative estimate of drug-likeness (QED) is 0.750. The van der Waals surface area contributed by atoms with Gasteiger partial charge in [-0.1, -0.05) is 13.8 Å². The zero-order valence-electron chi connectivity index (χ0n) is 11.8. The number of halogens is 1. The number of aryl methyl sites for hydroxylation is 1. The molecule has 2 rings (SSSR count). The lowest BCUT2D eigenvalue weighted by Gasteiger charge is -2.08. The standard InChI is InChI=1S/C12H17ClN4O2S2/c1-3-8-7-9-10(16-12(13)17-11(9)20-8)14-5-6-21(18,19)15-4-2/h7,15H,3-6H2,1-2H3,(H,14,16,17). The molecule has 0 saturated carbocycles. The third-order valence-electron chi connectivity index (χ3n) is 2.79. The zero-order valence-corrected chi connectivity index (χ0v) is 14.2. The largest absolute Gasteiger partial charge is 0.368 e. The maximum atomic E-state index is 11.6. The van der Waals surface area contributed by atoms with Crippen molar-refractivity contribution < 1.29 is 8.42 Å². The topological polar surface area (TPSA) is 84.0 Å². The second-order valence-electron chi connectivity index (χ2n) is 4.37. The van der Waals surface area contributed by atoms with Crippen LogP contribution in [0.5, 0.6) is 0 Å². The summed E-state index contributed by atoms with van der Waals surface area (Å²) in [6.45, 7) is 4.46. The molecule has 0 unspecified atom stereocenters. The Bertz CT molecular complexity index is 730. The molecule has 9 heteroatoms. The summed E-state index contributed by atoms with van der Waals surface area (Å²) in [7, 11) is -3.25. The molecule has 0 aliphatic rings. The maximum Gasteiger partial charge on any atom is 0.225 e. The average molecular weight is 349 g/mol. The molecule has 0 amide bonds. The second-order valence-corrected chi connectivity index (χ2v) is 7.75. The van der Waals surface area contributed by atoms with Crippen LogP contribution in [0.3, 0.4) is 0 Å². The van der Waals surface area contributed by atoms with Crippen molar-refractivity contribution in [3.8, 4) is 0 Å². The van der Waals surface area contributed by atoms with Crippen molar-refractivity contribution in [3.63, 3.8) is 0 Å². The second kappa shape index (κ2) is 6.87. The number of sulfonamides is 1. The van der Waals surface area contributed by atoms with Crippen LogP contribution in [0.1, 0.15) is 18.7 Å². The smallest absolute Gasteiger partial charge is 0.225 e. The van der Waals surface area contributed by atoms with Crippen LogP contribution in [0.4, 0.5) is 5.82 Å². The summed E-state index contributed by atoms with van der Waals surface area (Å²) >= 11 is 7.48. The molecule has 0 bridgehead atoms. The summed E-state index contributed by atoms with van der Waals surface area (Å²) in [6.07, 6.45) is 0.910. The van der Waals surface area contributed by atoms with Crippen LogP contribution in [0.15, 0.2) is 6.07 Å². The van der Waals surface area contributed by atoms with Crippen LogP contribution in [0, 0.1) is 0 Å². The summed E-state index contributed by atoms with van der Waals surface area (Å²) in [5.41, 5.74) is 0. The van der Waals surface area contributed by atoms with Crippen LogP contribution in [-0.4, -0.2) is 37.2 Å². The van der Waals surface area contributed by atoms with E-state index in [4.69, 9.17) is 11.6 Å². The number of rotatable bonds is 7. The number of fused-ring (bicyclic) bond motifs is 1. The van der Waals surface area contributed by atoms with Crippen molar-refractivity contribution in [2.45, 2.75) is 20.3 Å². The first kappa shape index (κ1) is 16.4. The van der Waals surface area contributed by atoms with Crippen molar-refractivity contribution in [1.29, 1.82) is 0 Å². The summed E-state index contributed by atoms with van der Waals surface area (Å²) in [5.74, 6) is 0.557. The minimum Gasteiger partial charge on any atom is -0.368 e. The predicted molar refractivity (Wildman–Crippen MR) is 87.8 cm³/mol. The molecule has 116 valence electrons. The number of nitrogens with one attached hydrogen (secondary N) is 2. The maximum absolute atomic E-state index is 11.6. The van der Waals surface area contributed by atoms with Gasteiger partial charge in [-0.3, -0.25) is 0 Å². The van der Waals surface area contributed by atoms with Crippen LogP contribution in [0.25, 0.3) is 10.2 Å². The molecule has 0 radical (unpaired) electrons. The first-order chi connectivity index (χ1) is 9.95. The van der Waals surface area contributed by atoms with E-state index >= 15 is 0 Å². The van der Waals surface area contributed by atoms with Gasteiger partial charge in [0.15, 0.2) is 0 Å².